The van der Waals surface area contributed by atoms with Crippen LogP contribution in [0.1, 0.15) is 41.9 Å². The average molecular weight is 333 g/mol. The lowest BCUT2D eigenvalue weighted by Crippen LogP contribution is -2.51. The van der Waals surface area contributed by atoms with Crippen molar-refractivity contribution in [3.05, 3.63) is 45.2 Å². The van der Waals surface area contributed by atoms with Gasteiger partial charge in [-0.25, -0.2) is 13.8 Å². The second-order valence-electron chi connectivity index (χ2n) is 6.08. The number of hydrogen-bond donors (Lipinski definition) is 1. The van der Waals surface area contributed by atoms with Crippen molar-refractivity contribution in [1.29, 1.82) is 0 Å². The first-order valence-corrected chi connectivity index (χ1v) is 7.53. The van der Waals surface area contributed by atoms with E-state index in [-0.39, 0.29) is 35.0 Å². The number of amides is 2. The van der Waals surface area contributed by atoms with Gasteiger partial charge in [-0.3, -0.25) is 19.8 Å². The van der Waals surface area contributed by atoms with Crippen molar-refractivity contribution in [2.45, 2.75) is 32.4 Å². The first-order valence-electron chi connectivity index (χ1n) is 7.53. The normalized spacial score (nSPS) is 17.0. The SMILES string of the molecule is CC(=O)N1Cc2c(c(=O)c3cc(F)c(F)cc3n2C2CC2)C(=O)N1. The molecule has 1 fully saturated rings. The number of carbonyl (C=O) groups is 2. The van der Waals surface area contributed by atoms with Crippen molar-refractivity contribution < 1.29 is 18.4 Å². The highest BCUT2D eigenvalue weighted by molar-refractivity contribution is 6.00. The molecule has 2 amide bonds. The number of benzene rings is 1. The molecule has 1 aromatic heterocycles. The summed E-state index contributed by atoms with van der Waals surface area (Å²) in [5, 5.41) is 1.07. The van der Waals surface area contributed by atoms with Gasteiger partial charge in [-0.2, -0.15) is 0 Å². The number of nitrogens with zero attached hydrogens (tertiary/aromatic N) is 2. The van der Waals surface area contributed by atoms with Gasteiger partial charge in [0, 0.05) is 24.4 Å². The minimum absolute atomic E-state index is 0.00594. The summed E-state index contributed by atoms with van der Waals surface area (Å²) in [6, 6.07) is 1.82. The van der Waals surface area contributed by atoms with Crippen molar-refractivity contribution in [2.24, 2.45) is 0 Å². The average Bonchev–Trinajstić information content (AvgIpc) is 3.33. The molecule has 1 aliphatic carbocycles. The Morgan fingerprint density at radius 2 is 1.88 bits per heavy atom. The van der Waals surface area contributed by atoms with Gasteiger partial charge < -0.3 is 4.57 Å². The molecule has 1 aromatic carbocycles. The zero-order valence-electron chi connectivity index (χ0n) is 12.7. The lowest BCUT2D eigenvalue weighted by molar-refractivity contribution is -0.132. The van der Waals surface area contributed by atoms with Crippen molar-refractivity contribution in [3.8, 4) is 0 Å². The van der Waals surface area contributed by atoms with E-state index in [2.05, 4.69) is 5.43 Å². The molecule has 1 N–H and O–H groups in total. The van der Waals surface area contributed by atoms with Crippen molar-refractivity contribution >= 4 is 22.7 Å². The minimum Gasteiger partial charge on any atom is -0.339 e. The fourth-order valence-electron chi connectivity index (χ4n) is 3.15. The molecule has 8 heteroatoms. The fourth-order valence-corrected chi connectivity index (χ4v) is 3.15. The van der Waals surface area contributed by atoms with Crippen LogP contribution in [0, 0.1) is 11.6 Å². The van der Waals surface area contributed by atoms with Crippen LogP contribution in [0.15, 0.2) is 16.9 Å². The van der Waals surface area contributed by atoms with Crippen LogP contribution in [-0.2, 0) is 11.3 Å². The van der Waals surface area contributed by atoms with E-state index in [9.17, 15) is 23.2 Å². The molecular formula is C16H13F2N3O3. The molecule has 2 heterocycles. The molecular weight excluding hydrogens is 320 g/mol. The molecule has 0 unspecified atom stereocenters. The first kappa shape index (κ1) is 14.8. The predicted molar refractivity (Wildman–Crippen MR) is 80.1 cm³/mol. The van der Waals surface area contributed by atoms with Crippen LogP contribution in [0.2, 0.25) is 0 Å². The van der Waals surface area contributed by atoms with Gasteiger partial charge in [0.15, 0.2) is 11.6 Å². The molecule has 24 heavy (non-hydrogen) atoms. The maximum absolute atomic E-state index is 13.7. The summed E-state index contributed by atoms with van der Waals surface area (Å²) in [5.41, 5.74) is 2.19. The van der Waals surface area contributed by atoms with Crippen LogP contribution >= 0.6 is 0 Å². The highest BCUT2D eigenvalue weighted by Crippen LogP contribution is 2.39. The summed E-state index contributed by atoms with van der Waals surface area (Å²) in [6.45, 7) is 1.30. The number of halogens is 2. The van der Waals surface area contributed by atoms with Crippen molar-refractivity contribution in [3.63, 3.8) is 0 Å². The Kier molecular flexibility index (Phi) is 3.00. The van der Waals surface area contributed by atoms with Gasteiger partial charge in [-0.1, -0.05) is 0 Å². The molecule has 2 aliphatic rings. The zero-order valence-corrected chi connectivity index (χ0v) is 12.7. The molecule has 0 bridgehead atoms. The lowest BCUT2D eigenvalue weighted by atomic mass is 10.0. The molecule has 124 valence electrons. The maximum atomic E-state index is 13.7. The number of hydrogen-bond acceptors (Lipinski definition) is 3. The highest BCUT2D eigenvalue weighted by Gasteiger charge is 2.35. The third kappa shape index (κ3) is 2.02. The van der Waals surface area contributed by atoms with E-state index in [1.807, 2.05) is 0 Å². The van der Waals surface area contributed by atoms with Gasteiger partial charge in [-0.15, -0.1) is 0 Å². The van der Waals surface area contributed by atoms with Gasteiger partial charge in [0.1, 0.15) is 5.56 Å². The first-order chi connectivity index (χ1) is 11.4. The molecule has 0 atom stereocenters. The summed E-state index contributed by atoms with van der Waals surface area (Å²) < 4.78 is 29.0. The van der Waals surface area contributed by atoms with Gasteiger partial charge in [0.05, 0.1) is 17.8 Å². The Morgan fingerprint density at radius 1 is 1.21 bits per heavy atom. The molecule has 0 saturated heterocycles. The number of aromatic nitrogens is 1. The monoisotopic (exact) mass is 333 g/mol. The van der Waals surface area contributed by atoms with E-state index in [1.54, 1.807) is 4.57 Å². The molecule has 1 saturated carbocycles. The number of carbonyl (C=O) groups excluding carboxylic acids is 2. The number of pyridine rings is 1. The van der Waals surface area contributed by atoms with Crippen LogP contribution in [0.25, 0.3) is 10.9 Å². The molecule has 6 nitrogen and oxygen atoms in total. The second-order valence-corrected chi connectivity index (χ2v) is 6.08. The summed E-state index contributed by atoms with van der Waals surface area (Å²) in [4.78, 5) is 36.6. The zero-order chi connectivity index (χ0) is 17.2. The van der Waals surface area contributed by atoms with Crippen LogP contribution in [0.3, 0.4) is 0 Å². The van der Waals surface area contributed by atoms with E-state index in [0.717, 1.165) is 30.0 Å². The molecule has 0 radical (unpaired) electrons. The number of fused-ring (bicyclic) bond motifs is 2. The quantitative estimate of drug-likeness (QED) is 0.862. The van der Waals surface area contributed by atoms with E-state index in [0.29, 0.717) is 5.69 Å². The predicted octanol–water partition coefficient (Wildman–Crippen LogP) is 1.62. The van der Waals surface area contributed by atoms with Crippen LogP contribution in [0.5, 0.6) is 0 Å². The van der Waals surface area contributed by atoms with Crippen molar-refractivity contribution in [1.82, 2.24) is 15.0 Å². The third-order valence-electron chi connectivity index (χ3n) is 4.41. The highest BCUT2D eigenvalue weighted by atomic mass is 19.2. The summed E-state index contributed by atoms with van der Waals surface area (Å²) in [7, 11) is 0. The molecule has 4 rings (SSSR count). The Labute approximate surface area is 134 Å². The minimum atomic E-state index is -1.14. The topological polar surface area (TPSA) is 71.4 Å². The summed E-state index contributed by atoms with van der Waals surface area (Å²) in [5.74, 6) is -3.28. The van der Waals surface area contributed by atoms with Crippen LogP contribution < -0.4 is 10.9 Å². The third-order valence-corrected chi connectivity index (χ3v) is 4.41. The Bertz CT molecular complexity index is 979. The Morgan fingerprint density at radius 3 is 2.50 bits per heavy atom. The van der Waals surface area contributed by atoms with Gasteiger partial charge in [0.2, 0.25) is 11.3 Å². The number of rotatable bonds is 1. The van der Waals surface area contributed by atoms with Crippen molar-refractivity contribution in [2.75, 3.05) is 0 Å². The largest absolute Gasteiger partial charge is 0.339 e. The smallest absolute Gasteiger partial charge is 0.275 e. The number of nitrogens with one attached hydrogen (secondary N) is 1. The molecule has 0 spiro atoms. The van der Waals surface area contributed by atoms with Crippen LogP contribution in [0.4, 0.5) is 8.78 Å². The van der Waals surface area contributed by atoms with E-state index in [4.69, 9.17) is 0 Å². The maximum Gasteiger partial charge on any atom is 0.275 e. The van der Waals surface area contributed by atoms with Crippen LogP contribution in [-0.4, -0.2) is 21.4 Å². The molecule has 2 aromatic rings. The summed E-state index contributed by atoms with van der Waals surface area (Å²) >= 11 is 0. The lowest BCUT2D eigenvalue weighted by Gasteiger charge is -2.30. The Hall–Kier alpha value is -2.77. The van der Waals surface area contributed by atoms with E-state index in [1.165, 1.54) is 6.92 Å². The second kappa shape index (κ2) is 4.86. The number of hydrazine groups is 1. The Balaban J connectivity index is 2.10. The van der Waals surface area contributed by atoms with E-state index < -0.39 is 23.0 Å². The van der Waals surface area contributed by atoms with Gasteiger partial charge in [0.25, 0.3) is 5.91 Å². The van der Waals surface area contributed by atoms with Gasteiger partial charge >= 0.3 is 0 Å². The summed E-state index contributed by atoms with van der Waals surface area (Å²) in [6.07, 6.45) is 1.62. The fraction of sp³-hybridized carbons (Fsp3) is 0.312. The van der Waals surface area contributed by atoms with E-state index >= 15 is 0 Å². The van der Waals surface area contributed by atoms with Gasteiger partial charge in [-0.05, 0) is 18.9 Å². The molecule has 1 aliphatic heterocycles. The standard InChI is InChI=1S/C16H13F2N3O3/c1-7(22)20-6-13-14(16(24)19-20)15(23)9-4-10(17)11(18)5-12(9)21(13)8-2-3-8/h4-5,8H,2-3,6H2,1H3,(H,19,24).